The van der Waals surface area contributed by atoms with Crippen molar-refractivity contribution in [1.82, 2.24) is 21.1 Å². The van der Waals surface area contributed by atoms with Gasteiger partial charge in [-0.2, -0.15) is 4.39 Å². The van der Waals surface area contributed by atoms with Gasteiger partial charge in [-0.05, 0) is 31.2 Å². The first-order valence-electron chi connectivity index (χ1n) is 8.44. The Hall–Kier alpha value is -1.92. The molecule has 25 heavy (non-hydrogen) atoms. The van der Waals surface area contributed by atoms with Crippen LogP contribution in [0.2, 0.25) is 0 Å². The van der Waals surface area contributed by atoms with E-state index in [0.29, 0.717) is 6.42 Å². The number of rotatable bonds is 13. The topological polar surface area (TPSA) is 42.3 Å². The molecule has 6 heteroatoms. The molecule has 0 amide bonds. The molecule has 0 heterocycles. The van der Waals surface area contributed by atoms with Crippen molar-refractivity contribution in [1.29, 1.82) is 0 Å². The van der Waals surface area contributed by atoms with Gasteiger partial charge in [0.05, 0.1) is 5.92 Å². The molecule has 0 aliphatic rings. The zero-order chi connectivity index (χ0) is 19.4. The summed E-state index contributed by atoms with van der Waals surface area (Å²) in [6.45, 7) is 12.7. The number of hydrogen-bond donors (Lipinski definition) is 3. The fourth-order valence-corrected chi connectivity index (χ4v) is 2.58. The van der Waals surface area contributed by atoms with Gasteiger partial charge in [0.2, 0.25) is 0 Å². The van der Waals surface area contributed by atoms with E-state index in [0.717, 1.165) is 24.2 Å². The van der Waals surface area contributed by atoms with Crippen LogP contribution in [-0.4, -0.2) is 63.5 Å². The highest BCUT2D eigenvalue weighted by Crippen LogP contribution is 2.27. The molecule has 3 N–H and O–H groups in total. The Morgan fingerprint density at radius 1 is 1.28 bits per heavy atom. The maximum Gasteiger partial charge on any atom is 0.189 e. The fraction of sp³-hybridized carbons (Fsp3) is 0.526. The Morgan fingerprint density at radius 2 is 1.92 bits per heavy atom. The summed E-state index contributed by atoms with van der Waals surface area (Å²) in [5.74, 6) is -0.307. The van der Waals surface area contributed by atoms with E-state index in [1.54, 1.807) is 20.2 Å². The molecule has 5 nitrogen and oxygen atoms in total. The Labute approximate surface area is 152 Å². The van der Waals surface area contributed by atoms with E-state index in [9.17, 15) is 4.39 Å². The molecule has 142 valence electrons. The minimum atomic E-state index is -0.312. The Bertz CT molecular complexity index is 508. The summed E-state index contributed by atoms with van der Waals surface area (Å²) in [6.07, 6.45) is 6.71. The van der Waals surface area contributed by atoms with Crippen molar-refractivity contribution in [2.24, 2.45) is 5.92 Å². The highest BCUT2D eigenvalue weighted by molar-refractivity contribution is 5.65. The average molecular weight is 353 g/mol. The van der Waals surface area contributed by atoms with Gasteiger partial charge in [-0.25, -0.2) is 4.58 Å². The first-order valence-corrected chi connectivity index (χ1v) is 8.44. The van der Waals surface area contributed by atoms with Gasteiger partial charge < -0.3 is 10.2 Å². The second-order valence-corrected chi connectivity index (χ2v) is 6.18. The summed E-state index contributed by atoms with van der Waals surface area (Å²) in [6, 6.07) is 0.114. The van der Waals surface area contributed by atoms with E-state index in [2.05, 4.69) is 40.5 Å². The van der Waals surface area contributed by atoms with E-state index < -0.39 is 0 Å². The van der Waals surface area contributed by atoms with E-state index in [4.69, 9.17) is 0 Å². The van der Waals surface area contributed by atoms with Crippen molar-refractivity contribution >= 4 is 6.21 Å². The van der Waals surface area contributed by atoms with Gasteiger partial charge in [-0.15, -0.1) is 0 Å². The van der Waals surface area contributed by atoms with E-state index in [1.165, 1.54) is 11.0 Å². The lowest BCUT2D eigenvalue weighted by Gasteiger charge is -2.26. The molecule has 0 saturated carbocycles. The Kier molecular flexibility index (Phi) is 11.5. The van der Waals surface area contributed by atoms with Crippen LogP contribution in [0.4, 0.5) is 4.39 Å². The summed E-state index contributed by atoms with van der Waals surface area (Å²) in [4.78, 5) is 1.44. The summed E-state index contributed by atoms with van der Waals surface area (Å²) >= 11 is 0. The van der Waals surface area contributed by atoms with E-state index >= 15 is 0 Å². The molecule has 0 rings (SSSR count). The van der Waals surface area contributed by atoms with Gasteiger partial charge in [0, 0.05) is 39.8 Å². The van der Waals surface area contributed by atoms with Crippen LogP contribution in [0.25, 0.3) is 0 Å². The predicted octanol–water partition coefficient (Wildman–Crippen LogP) is 2.04. The lowest BCUT2D eigenvalue weighted by Crippen LogP contribution is -2.38. The van der Waals surface area contributed by atoms with Crippen LogP contribution in [0, 0.1) is 5.92 Å². The summed E-state index contributed by atoms with van der Waals surface area (Å²) in [5, 5.41) is 3.08. The monoisotopic (exact) mass is 352 g/mol. The molecule has 0 aliphatic carbocycles. The molecule has 0 aromatic heterocycles. The SMILES string of the molecule is C=C/C=[N+](\C)C(CCNNC)C(CC(=C)NC)C(=C)/C=C(/F)N(C)C. The van der Waals surface area contributed by atoms with E-state index in [-0.39, 0.29) is 17.9 Å². The molecule has 0 spiro atoms. The molecule has 0 aromatic rings. The molecule has 2 unspecified atom stereocenters. The summed E-state index contributed by atoms with van der Waals surface area (Å²) in [7, 11) is 9.03. The highest BCUT2D eigenvalue weighted by atomic mass is 19.1. The summed E-state index contributed by atoms with van der Waals surface area (Å²) in [5.41, 5.74) is 7.67. The molecule has 0 fully saturated rings. The van der Waals surface area contributed by atoms with Crippen LogP contribution < -0.4 is 16.2 Å². The maximum atomic E-state index is 14.1. The lowest BCUT2D eigenvalue weighted by molar-refractivity contribution is -0.541. The van der Waals surface area contributed by atoms with Gasteiger partial charge in [-0.1, -0.05) is 19.7 Å². The molecule has 0 aliphatic heterocycles. The Balaban J connectivity index is 5.69. The fourth-order valence-electron chi connectivity index (χ4n) is 2.58. The molecule has 2 atom stereocenters. The quantitative estimate of drug-likeness (QED) is 0.119. The van der Waals surface area contributed by atoms with Crippen molar-refractivity contribution in [3.05, 3.63) is 49.1 Å². The first kappa shape index (κ1) is 23.1. The summed E-state index contributed by atoms with van der Waals surface area (Å²) < 4.78 is 16.2. The average Bonchev–Trinajstić information content (AvgIpc) is 2.56. The van der Waals surface area contributed by atoms with Gasteiger partial charge in [0.1, 0.15) is 7.05 Å². The smallest absolute Gasteiger partial charge is 0.189 e. The third-order valence-corrected chi connectivity index (χ3v) is 4.10. The molecule has 0 radical (unpaired) electrons. The van der Waals surface area contributed by atoms with Crippen LogP contribution in [0.5, 0.6) is 0 Å². The van der Waals surface area contributed by atoms with Crippen molar-refractivity contribution in [3.8, 4) is 0 Å². The highest BCUT2D eigenvalue weighted by Gasteiger charge is 2.30. The molecule has 0 saturated heterocycles. The largest absolute Gasteiger partial charge is 0.392 e. The predicted molar refractivity (Wildman–Crippen MR) is 106 cm³/mol. The van der Waals surface area contributed by atoms with Crippen LogP contribution >= 0.6 is 0 Å². The number of nitrogens with zero attached hydrogens (tertiary/aromatic N) is 2. The minimum Gasteiger partial charge on any atom is -0.392 e. The van der Waals surface area contributed by atoms with Crippen LogP contribution in [-0.2, 0) is 0 Å². The molecule has 0 bridgehead atoms. The van der Waals surface area contributed by atoms with Gasteiger partial charge in [0.25, 0.3) is 0 Å². The zero-order valence-electron chi connectivity index (χ0n) is 16.4. The maximum absolute atomic E-state index is 14.1. The van der Waals surface area contributed by atoms with Gasteiger partial charge in [-0.3, -0.25) is 10.9 Å². The number of allylic oxidation sites excluding steroid dienone is 3. The normalized spacial score (nSPS) is 14.6. The Morgan fingerprint density at radius 3 is 2.40 bits per heavy atom. The number of hydrazine groups is 1. The van der Waals surface area contributed by atoms with Gasteiger partial charge in [0.15, 0.2) is 18.2 Å². The third-order valence-electron chi connectivity index (χ3n) is 4.10. The minimum absolute atomic E-state index is 0.00510. The van der Waals surface area contributed by atoms with Gasteiger partial charge >= 0.3 is 0 Å². The first-order chi connectivity index (χ1) is 11.8. The van der Waals surface area contributed by atoms with Crippen molar-refractivity contribution < 1.29 is 8.97 Å². The van der Waals surface area contributed by atoms with E-state index in [1.807, 2.05) is 27.4 Å². The van der Waals surface area contributed by atoms with Crippen molar-refractivity contribution in [2.75, 3.05) is 41.8 Å². The van der Waals surface area contributed by atoms with Crippen molar-refractivity contribution in [3.63, 3.8) is 0 Å². The lowest BCUT2D eigenvalue weighted by atomic mass is 9.85. The van der Waals surface area contributed by atoms with Crippen LogP contribution in [0.15, 0.2) is 49.1 Å². The number of hydrogen-bond acceptors (Lipinski definition) is 4. The third kappa shape index (κ3) is 8.65. The van der Waals surface area contributed by atoms with Crippen LogP contribution in [0.1, 0.15) is 12.8 Å². The zero-order valence-corrected chi connectivity index (χ0v) is 16.4. The molecule has 0 aromatic carbocycles. The second kappa shape index (κ2) is 12.4. The molecular formula is C19H35FN5+. The van der Waals surface area contributed by atoms with Crippen LogP contribution in [0.3, 0.4) is 0 Å². The number of halogens is 1. The second-order valence-electron chi connectivity index (χ2n) is 6.18. The van der Waals surface area contributed by atoms with Crippen molar-refractivity contribution in [2.45, 2.75) is 18.9 Å². The standard InChI is InChI=1S/C19H35FN5/c1-9-12-25(8)18(10-11-23-22-5)17(14-16(3)21-4)15(2)13-19(20)24(6)7/h9,12-13,17-18,21-23H,1-3,10-11,14H2,4-8H3/q+1/b19-13-,25-12+. The number of nitrogens with one attached hydrogen (secondary N) is 3. The molecular weight excluding hydrogens is 317 g/mol.